The highest BCUT2D eigenvalue weighted by atomic mass is 79.9. The van der Waals surface area contributed by atoms with Crippen molar-refractivity contribution >= 4 is 37.4 Å². The molecule has 1 aromatic carbocycles. The average Bonchev–Trinajstić information content (AvgIpc) is 2.29. The maximum Gasteiger partial charge on any atom is 0.208 e. The molecule has 2 aromatic rings. The summed E-state index contributed by atoms with van der Waals surface area (Å²) in [6.45, 7) is 0. The third-order valence-electron chi connectivity index (χ3n) is 2.11. The fourth-order valence-electron chi connectivity index (χ4n) is 1.29. The van der Waals surface area contributed by atoms with Crippen LogP contribution in [0.1, 0.15) is 0 Å². The minimum atomic E-state index is -3.55. The second-order valence-electron chi connectivity index (χ2n) is 3.30. The molecule has 0 bridgehead atoms. The average molecular weight is 333 g/mol. The second-order valence-corrected chi connectivity index (χ2v) is 6.60. The number of pyridine rings is 1. The molecule has 0 amide bonds. The van der Waals surface area contributed by atoms with Crippen LogP contribution in [0.4, 0.5) is 0 Å². The Kier molecular flexibility index (Phi) is 3.51. The van der Waals surface area contributed by atoms with Crippen molar-refractivity contribution in [2.24, 2.45) is 0 Å². The van der Waals surface area contributed by atoms with Gasteiger partial charge in [0.05, 0.1) is 14.8 Å². The molecule has 3 nitrogen and oxygen atoms in total. The monoisotopic (exact) mass is 331 g/mol. The van der Waals surface area contributed by atoms with E-state index in [9.17, 15) is 8.42 Å². The van der Waals surface area contributed by atoms with E-state index in [0.717, 1.165) is 4.47 Å². The SMILES string of the molecule is O=S(=O)(c1ccc(Br)cc1)c1cncc(Cl)c1. The summed E-state index contributed by atoms with van der Waals surface area (Å²) in [7, 11) is -3.55. The summed E-state index contributed by atoms with van der Waals surface area (Å²) in [4.78, 5) is 4.08. The molecule has 2 rings (SSSR count). The van der Waals surface area contributed by atoms with E-state index in [0.29, 0.717) is 5.02 Å². The van der Waals surface area contributed by atoms with Crippen molar-refractivity contribution in [3.8, 4) is 0 Å². The molecule has 1 aromatic heterocycles. The Labute approximate surface area is 113 Å². The fourth-order valence-corrected chi connectivity index (χ4v) is 3.04. The maximum absolute atomic E-state index is 12.2. The number of hydrogen-bond acceptors (Lipinski definition) is 3. The van der Waals surface area contributed by atoms with Gasteiger partial charge >= 0.3 is 0 Å². The van der Waals surface area contributed by atoms with Gasteiger partial charge in [-0.25, -0.2) is 8.42 Å². The van der Waals surface area contributed by atoms with Crippen molar-refractivity contribution in [3.63, 3.8) is 0 Å². The zero-order valence-corrected chi connectivity index (χ0v) is 11.6. The lowest BCUT2D eigenvalue weighted by atomic mass is 10.4. The van der Waals surface area contributed by atoms with Crippen LogP contribution < -0.4 is 0 Å². The largest absolute Gasteiger partial charge is 0.262 e. The summed E-state index contributed by atoms with van der Waals surface area (Å²) in [5.74, 6) is 0. The molecule has 88 valence electrons. The van der Waals surface area contributed by atoms with Gasteiger partial charge in [0, 0.05) is 16.9 Å². The van der Waals surface area contributed by atoms with Crippen molar-refractivity contribution < 1.29 is 8.42 Å². The Hall–Kier alpha value is -0.910. The van der Waals surface area contributed by atoms with Crippen LogP contribution in [0.5, 0.6) is 0 Å². The zero-order chi connectivity index (χ0) is 12.5. The van der Waals surface area contributed by atoms with Crippen LogP contribution in [-0.2, 0) is 9.84 Å². The van der Waals surface area contributed by atoms with Crippen molar-refractivity contribution in [2.45, 2.75) is 9.79 Å². The number of halogens is 2. The summed E-state index contributed by atoms with van der Waals surface area (Å²) in [5.41, 5.74) is 0. The number of hydrogen-bond donors (Lipinski definition) is 0. The van der Waals surface area contributed by atoms with Crippen molar-refractivity contribution in [3.05, 3.63) is 52.2 Å². The van der Waals surface area contributed by atoms with Crippen LogP contribution in [0.15, 0.2) is 57.0 Å². The maximum atomic E-state index is 12.2. The van der Waals surface area contributed by atoms with Gasteiger partial charge in [0.15, 0.2) is 0 Å². The molecule has 0 unspecified atom stereocenters. The second kappa shape index (κ2) is 4.76. The van der Waals surface area contributed by atoms with E-state index < -0.39 is 9.84 Å². The highest BCUT2D eigenvalue weighted by molar-refractivity contribution is 9.10. The first-order valence-corrected chi connectivity index (χ1v) is 7.27. The molecule has 0 N–H and O–H groups in total. The predicted molar refractivity (Wildman–Crippen MR) is 68.8 cm³/mol. The summed E-state index contributed by atoms with van der Waals surface area (Å²) in [6, 6.07) is 7.78. The number of aromatic nitrogens is 1. The van der Waals surface area contributed by atoms with Gasteiger partial charge in [-0.2, -0.15) is 0 Å². The predicted octanol–water partition coefficient (Wildman–Crippen LogP) is 3.33. The zero-order valence-electron chi connectivity index (χ0n) is 8.47. The van der Waals surface area contributed by atoms with Gasteiger partial charge in [-0.05, 0) is 30.3 Å². The van der Waals surface area contributed by atoms with Crippen LogP contribution in [0.2, 0.25) is 5.02 Å². The summed E-state index contributed by atoms with van der Waals surface area (Å²) >= 11 is 8.98. The van der Waals surface area contributed by atoms with Crippen LogP contribution in [0, 0.1) is 0 Å². The highest BCUT2D eigenvalue weighted by Gasteiger charge is 2.17. The van der Waals surface area contributed by atoms with E-state index in [-0.39, 0.29) is 9.79 Å². The Bertz CT molecular complexity index is 641. The number of rotatable bonds is 2. The van der Waals surface area contributed by atoms with Gasteiger partial charge in [-0.1, -0.05) is 27.5 Å². The van der Waals surface area contributed by atoms with Crippen molar-refractivity contribution in [1.82, 2.24) is 4.98 Å². The third-order valence-corrected chi connectivity index (χ3v) is 4.59. The molecule has 0 spiro atoms. The first-order chi connectivity index (χ1) is 8.00. The normalized spacial score (nSPS) is 11.4. The van der Waals surface area contributed by atoms with E-state index in [4.69, 9.17) is 11.6 Å². The minimum Gasteiger partial charge on any atom is -0.262 e. The molecule has 0 radical (unpaired) electrons. The first-order valence-electron chi connectivity index (χ1n) is 4.61. The lowest BCUT2D eigenvalue weighted by Crippen LogP contribution is -2.02. The van der Waals surface area contributed by atoms with Crippen LogP contribution in [0.25, 0.3) is 0 Å². The highest BCUT2D eigenvalue weighted by Crippen LogP contribution is 2.23. The van der Waals surface area contributed by atoms with Gasteiger partial charge in [0.25, 0.3) is 0 Å². The third kappa shape index (κ3) is 2.68. The molecule has 0 fully saturated rings. The molecule has 0 saturated carbocycles. The van der Waals surface area contributed by atoms with Crippen LogP contribution in [-0.4, -0.2) is 13.4 Å². The molecular weight excluding hydrogens is 326 g/mol. The van der Waals surface area contributed by atoms with Gasteiger partial charge in [-0.15, -0.1) is 0 Å². The first kappa shape index (κ1) is 12.5. The minimum absolute atomic E-state index is 0.0901. The summed E-state index contributed by atoms with van der Waals surface area (Å²) < 4.78 is 25.2. The summed E-state index contributed by atoms with van der Waals surface area (Å²) in [6.07, 6.45) is 2.67. The van der Waals surface area contributed by atoms with Crippen LogP contribution >= 0.6 is 27.5 Å². The lowest BCUT2D eigenvalue weighted by Gasteiger charge is -2.04. The van der Waals surface area contributed by atoms with Gasteiger partial charge in [0.2, 0.25) is 9.84 Å². The standard InChI is InChI=1S/C11H7BrClNO2S/c12-8-1-3-10(4-2-8)17(15,16)11-5-9(13)6-14-7-11/h1-7H. The smallest absolute Gasteiger partial charge is 0.208 e. The molecule has 0 saturated heterocycles. The Morgan fingerprint density at radius 3 is 2.29 bits per heavy atom. The van der Waals surface area contributed by atoms with Crippen molar-refractivity contribution in [1.29, 1.82) is 0 Å². The lowest BCUT2D eigenvalue weighted by molar-refractivity contribution is 0.595. The quantitative estimate of drug-likeness (QED) is 0.847. The van der Waals surface area contributed by atoms with Gasteiger partial charge < -0.3 is 0 Å². The topological polar surface area (TPSA) is 47.0 Å². The number of benzene rings is 1. The Morgan fingerprint density at radius 2 is 1.71 bits per heavy atom. The molecule has 0 aliphatic rings. The fraction of sp³-hybridized carbons (Fsp3) is 0. The molecule has 0 aliphatic heterocycles. The molecule has 0 atom stereocenters. The Morgan fingerprint density at radius 1 is 1.06 bits per heavy atom. The van der Waals surface area contributed by atoms with Gasteiger partial charge in [-0.3, -0.25) is 4.98 Å². The number of sulfone groups is 1. The molecule has 0 aliphatic carbocycles. The van der Waals surface area contributed by atoms with E-state index in [1.807, 2.05) is 0 Å². The Balaban J connectivity index is 2.54. The molecule has 1 heterocycles. The van der Waals surface area contributed by atoms with E-state index >= 15 is 0 Å². The number of nitrogens with zero attached hydrogens (tertiary/aromatic N) is 1. The molecule has 17 heavy (non-hydrogen) atoms. The van der Waals surface area contributed by atoms with E-state index in [2.05, 4.69) is 20.9 Å². The van der Waals surface area contributed by atoms with Gasteiger partial charge in [0.1, 0.15) is 0 Å². The molecular formula is C11H7BrClNO2S. The van der Waals surface area contributed by atoms with E-state index in [1.165, 1.54) is 30.6 Å². The van der Waals surface area contributed by atoms with Crippen LogP contribution in [0.3, 0.4) is 0 Å². The molecule has 6 heteroatoms. The summed E-state index contributed by atoms with van der Waals surface area (Å²) in [5, 5.41) is 0.295. The van der Waals surface area contributed by atoms with Crippen molar-refractivity contribution in [2.75, 3.05) is 0 Å². The van der Waals surface area contributed by atoms with E-state index in [1.54, 1.807) is 12.1 Å².